The van der Waals surface area contributed by atoms with E-state index in [1.807, 2.05) is 0 Å². The van der Waals surface area contributed by atoms with Gasteiger partial charge in [0.25, 0.3) is 11.5 Å². The van der Waals surface area contributed by atoms with Gasteiger partial charge in [0.05, 0.1) is 17.7 Å². The van der Waals surface area contributed by atoms with E-state index >= 15 is 0 Å². The first-order chi connectivity index (χ1) is 15.8. The molecule has 4 rings (SSSR count). The summed E-state index contributed by atoms with van der Waals surface area (Å²) in [6, 6.07) is 15.5. The molecule has 4 aromatic rings. The molecule has 2 heterocycles. The predicted molar refractivity (Wildman–Crippen MR) is 122 cm³/mol. The molecule has 0 bridgehead atoms. The Balaban J connectivity index is 1.44. The number of carbonyl (C=O) groups excluding carboxylic acids is 1. The van der Waals surface area contributed by atoms with Crippen molar-refractivity contribution in [3.8, 4) is 11.4 Å². The van der Waals surface area contributed by atoms with Crippen LogP contribution in [0.1, 0.15) is 16.1 Å². The standard InChI is InChI=1S/C22H17ClN4O5S/c23-15-5-3-14(4-6-15)20-24-13-19(22(29)27-20)21(28)26-16-7-9-18(10-8-16)33(30,31)25-12-17-2-1-11-32-17/h1-11,13,25H,12H2,(H,26,28)(H,24,27,29). The number of aromatic nitrogens is 2. The number of hydrogen-bond acceptors (Lipinski definition) is 6. The van der Waals surface area contributed by atoms with E-state index in [2.05, 4.69) is 20.0 Å². The molecule has 0 atom stereocenters. The molecule has 9 nitrogen and oxygen atoms in total. The molecular weight excluding hydrogens is 468 g/mol. The molecule has 0 saturated carbocycles. The zero-order valence-electron chi connectivity index (χ0n) is 16.9. The lowest BCUT2D eigenvalue weighted by Gasteiger charge is -2.08. The molecule has 0 aliphatic heterocycles. The first-order valence-corrected chi connectivity index (χ1v) is 11.5. The van der Waals surface area contributed by atoms with Crippen LogP contribution in [0.25, 0.3) is 11.4 Å². The molecule has 0 radical (unpaired) electrons. The van der Waals surface area contributed by atoms with E-state index in [0.717, 1.165) is 0 Å². The van der Waals surface area contributed by atoms with Crippen LogP contribution in [0.15, 0.2) is 87.2 Å². The summed E-state index contributed by atoms with van der Waals surface area (Å²) in [4.78, 5) is 31.6. The highest BCUT2D eigenvalue weighted by atomic mass is 35.5. The SMILES string of the molecule is O=C(Nc1ccc(S(=O)(=O)NCc2ccco2)cc1)c1cnc(-c2ccc(Cl)cc2)[nH]c1=O. The van der Waals surface area contributed by atoms with Gasteiger partial charge in [0, 0.05) is 22.5 Å². The van der Waals surface area contributed by atoms with Crippen LogP contribution in [-0.2, 0) is 16.6 Å². The number of nitrogens with zero attached hydrogens (tertiary/aromatic N) is 1. The van der Waals surface area contributed by atoms with Crippen LogP contribution in [0.4, 0.5) is 5.69 Å². The van der Waals surface area contributed by atoms with Crippen molar-refractivity contribution in [2.75, 3.05) is 5.32 Å². The quantitative estimate of drug-likeness (QED) is 0.368. The monoisotopic (exact) mass is 484 g/mol. The van der Waals surface area contributed by atoms with Crippen LogP contribution >= 0.6 is 11.6 Å². The summed E-state index contributed by atoms with van der Waals surface area (Å²) in [6.07, 6.45) is 2.63. The molecule has 0 aliphatic rings. The van der Waals surface area contributed by atoms with Gasteiger partial charge in [0.15, 0.2) is 0 Å². The normalized spacial score (nSPS) is 11.3. The number of nitrogens with one attached hydrogen (secondary N) is 3. The molecule has 0 unspecified atom stereocenters. The molecule has 0 aliphatic carbocycles. The summed E-state index contributed by atoms with van der Waals surface area (Å²) in [6.45, 7) is 0.00954. The average molecular weight is 485 g/mol. The third-order valence-electron chi connectivity index (χ3n) is 4.60. The lowest BCUT2D eigenvalue weighted by atomic mass is 10.2. The zero-order valence-corrected chi connectivity index (χ0v) is 18.5. The Morgan fingerprint density at radius 3 is 2.42 bits per heavy atom. The molecule has 2 aromatic carbocycles. The number of H-pyrrole nitrogens is 1. The van der Waals surface area contributed by atoms with Gasteiger partial charge in [0.2, 0.25) is 10.0 Å². The number of halogens is 1. The van der Waals surface area contributed by atoms with E-state index in [1.54, 1.807) is 36.4 Å². The van der Waals surface area contributed by atoms with Gasteiger partial charge >= 0.3 is 0 Å². The highest BCUT2D eigenvalue weighted by Gasteiger charge is 2.16. The Morgan fingerprint density at radius 2 is 1.79 bits per heavy atom. The second kappa shape index (κ2) is 9.41. The molecule has 11 heteroatoms. The number of rotatable bonds is 7. The second-order valence-electron chi connectivity index (χ2n) is 6.86. The molecular formula is C22H17ClN4O5S. The fourth-order valence-corrected chi connectivity index (χ4v) is 4.01. The first kappa shape index (κ1) is 22.5. The van der Waals surface area contributed by atoms with Crippen molar-refractivity contribution < 1.29 is 17.6 Å². The number of aromatic amines is 1. The van der Waals surface area contributed by atoms with Crippen molar-refractivity contribution >= 4 is 33.2 Å². The van der Waals surface area contributed by atoms with Crippen molar-refractivity contribution in [1.82, 2.24) is 14.7 Å². The molecule has 0 spiro atoms. The smallest absolute Gasteiger partial charge is 0.264 e. The van der Waals surface area contributed by atoms with Gasteiger partial charge < -0.3 is 14.7 Å². The summed E-state index contributed by atoms with van der Waals surface area (Å²) in [5, 5.41) is 3.10. The van der Waals surface area contributed by atoms with Gasteiger partial charge in [-0.1, -0.05) is 11.6 Å². The lowest BCUT2D eigenvalue weighted by Crippen LogP contribution is -2.24. The van der Waals surface area contributed by atoms with Crippen molar-refractivity contribution in [1.29, 1.82) is 0 Å². The third kappa shape index (κ3) is 5.37. The molecule has 0 fully saturated rings. The molecule has 1 amide bonds. The first-order valence-electron chi connectivity index (χ1n) is 9.60. The Kier molecular flexibility index (Phi) is 6.40. The van der Waals surface area contributed by atoms with Crippen LogP contribution in [0.5, 0.6) is 0 Å². The summed E-state index contributed by atoms with van der Waals surface area (Å²) in [5.74, 6) is 0.0890. The molecule has 2 aromatic heterocycles. The van der Waals surface area contributed by atoms with Gasteiger partial charge in [0.1, 0.15) is 17.1 Å². The third-order valence-corrected chi connectivity index (χ3v) is 6.27. The van der Waals surface area contributed by atoms with Crippen LogP contribution in [0, 0.1) is 0 Å². The van der Waals surface area contributed by atoms with E-state index in [1.165, 1.54) is 36.7 Å². The largest absolute Gasteiger partial charge is 0.468 e. The Bertz CT molecular complexity index is 1430. The minimum absolute atomic E-state index is 0.00954. The fraction of sp³-hybridized carbons (Fsp3) is 0.0455. The van der Waals surface area contributed by atoms with E-state index in [0.29, 0.717) is 27.9 Å². The molecule has 3 N–H and O–H groups in total. The summed E-state index contributed by atoms with van der Waals surface area (Å²) in [5.41, 5.74) is 0.144. The predicted octanol–water partition coefficient (Wildman–Crippen LogP) is 3.41. The van der Waals surface area contributed by atoms with Gasteiger partial charge in [-0.3, -0.25) is 9.59 Å². The highest BCUT2D eigenvalue weighted by Crippen LogP contribution is 2.18. The topological polar surface area (TPSA) is 134 Å². The summed E-state index contributed by atoms with van der Waals surface area (Å²) in [7, 11) is -3.77. The minimum atomic E-state index is -3.77. The lowest BCUT2D eigenvalue weighted by molar-refractivity contribution is 0.102. The van der Waals surface area contributed by atoms with Crippen molar-refractivity contribution in [2.24, 2.45) is 0 Å². The van der Waals surface area contributed by atoms with Crippen molar-refractivity contribution in [3.63, 3.8) is 0 Å². The number of carbonyl (C=O) groups is 1. The molecule has 33 heavy (non-hydrogen) atoms. The molecule has 168 valence electrons. The van der Waals surface area contributed by atoms with Gasteiger partial charge in [-0.15, -0.1) is 0 Å². The maximum atomic E-state index is 12.5. The van der Waals surface area contributed by atoms with Gasteiger partial charge in [-0.25, -0.2) is 18.1 Å². The molecule has 0 saturated heterocycles. The van der Waals surface area contributed by atoms with Gasteiger partial charge in [-0.2, -0.15) is 0 Å². The number of hydrogen-bond donors (Lipinski definition) is 3. The Hall–Kier alpha value is -3.73. The number of benzene rings is 2. The number of sulfonamides is 1. The van der Waals surface area contributed by atoms with Crippen LogP contribution < -0.4 is 15.6 Å². The Morgan fingerprint density at radius 1 is 1.06 bits per heavy atom. The minimum Gasteiger partial charge on any atom is -0.468 e. The van der Waals surface area contributed by atoms with E-state index in [-0.39, 0.29) is 17.0 Å². The average Bonchev–Trinajstić information content (AvgIpc) is 3.32. The van der Waals surface area contributed by atoms with Crippen molar-refractivity contribution in [3.05, 3.63) is 99.8 Å². The highest BCUT2D eigenvalue weighted by molar-refractivity contribution is 7.89. The maximum absolute atomic E-state index is 12.5. The number of amides is 1. The summed E-state index contributed by atoms with van der Waals surface area (Å²) < 4.78 is 32.3. The van der Waals surface area contributed by atoms with E-state index in [4.69, 9.17) is 16.0 Å². The maximum Gasteiger partial charge on any atom is 0.264 e. The number of furan rings is 1. The Labute approximate surface area is 193 Å². The van der Waals surface area contributed by atoms with Gasteiger partial charge in [-0.05, 0) is 60.7 Å². The van der Waals surface area contributed by atoms with E-state index < -0.39 is 21.5 Å². The van der Waals surface area contributed by atoms with Crippen molar-refractivity contribution in [2.45, 2.75) is 11.4 Å². The number of anilines is 1. The summed E-state index contributed by atoms with van der Waals surface area (Å²) >= 11 is 5.86. The van der Waals surface area contributed by atoms with Crippen LogP contribution in [-0.4, -0.2) is 24.3 Å². The second-order valence-corrected chi connectivity index (χ2v) is 9.07. The van der Waals surface area contributed by atoms with Crippen LogP contribution in [0.3, 0.4) is 0 Å². The van der Waals surface area contributed by atoms with Crippen LogP contribution in [0.2, 0.25) is 5.02 Å². The zero-order chi connectivity index (χ0) is 23.4. The van der Waals surface area contributed by atoms with E-state index in [9.17, 15) is 18.0 Å². The fourth-order valence-electron chi connectivity index (χ4n) is 2.89.